The summed E-state index contributed by atoms with van der Waals surface area (Å²) in [7, 11) is -1.20. The third kappa shape index (κ3) is 4.14. The van der Waals surface area contributed by atoms with Crippen molar-refractivity contribution in [2.75, 3.05) is 31.1 Å². The van der Waals surface area contributed by atoms with Gasteiger partial charge in [0.05, 0.1) is 16.6 Å². The van der Waals surface area contributed by atoms with E-state index in [0.717, 1.165) is 23.8 Å². The number of hydrogen-bond donors (Lipinski definition) is 0. The highest BCUT2D eigenvalue weighted by atomic mass is 32.2. The van der Waals surface area contributed by atoms with Gasteiger partial charge in [-0.3, -0.25) is 9.00 Å². The molecule has 0 N–H and O–H groups in total. The lowest BCUT2D eigenvalue weighted by Crippen LogP contribution is -2.49. The maximum absolute atomic E-state index is 12.7. The molecule has 1 aliphatic heterocycles. The molecule has 0 bridgehead atoms. The molecule has 0 spiro atoms. The SMILES string of the molecule is O=C(c1ccc(C[S@@](=O)c2ccccc2)o1)N1CCN(c2ccccn2)CC1. The van der Waals surface area contributed by atoms with Gasteiger partial charge in [-0.05, 0) is 36.4 Å². The van der Waals surface area contributed by atoms with Crippen molar-refractivity contribution in [1.29, 1.82) is 0 Å². The standard InChI is InChI=1S/C21H21N3O3S/c25-21(24-14-12-23(13-15-24)20-8-4-5-11-22-20)19-10-9-17(27-19)16-28(26)18-6-2-1-3-7-18/h1-11H,12-16H2/t28-/m1/s1. The van der Waals surface area contributed by atoms with Crippen molar-refractivity contribution < 1.29 is 13.4 Å². The summed E-state index contributed by atoms with van der Waals surface area (Å²) in [4.78, 5) is 21.8. The molecule has 28 heavy (non-hydrogen) atoms. The van der Waals surface area contributed by atoms with Gasteiger partial charge < -0.3 is 14.2 Å². The number of anilines is 1. The Kier molecular flexibility index (Phi) is 5.53. The van der Waals surface area contributed by atoms with Gasteiger partial charge in [0, 0.05) is 37.3 Å². The molecule has 0 saturated carbocycles. The number of carbonyl (C=O) groups excluding carboxylic acids is 1. The van der Waals surface area contributed by atoms with E-state index in [0.29, 0.717) is 24.6 Å². The largest absolute Gasteiger partial charge is 0.455 e. The first-order chi connectivity index (χ1) is 13.7. The zero-order valence-corrected chi connectivity index (χ0v) is 16.2. The number of rotatable bonds is 5. The van der Waals surface area contributed by atoms with Crippen LogP contribution in [0, 0.1) is 0 Å². The summed E-state index contributed by atoms with van der Waals surface area (Å²) in [6, 6.07) is 18.5. The topological polar surface area (TPSA) is 66.7 Å². The molecule has 3 heterocycles. The minimum atomic E-state index is -1.20. The summed E-state index contributed by atoms with van der Waals surface area (Å²) < 4.78 is 18.1. The molecule has 1 amide bonds. The highest BCUT2D eigenvalue weighted by molar-refractivity contribution is 7.84. The Labute approximate surface area is 166 Å². The zero-order valence-electron chi connectivity index (χ0n) is 15.4. The molecule has 3 aromatic rings. The van der Waals surface area contributed by atoms with Gasteiger partial charge >= 0.3 is 0 Å². The summed E-state index contributed by atoms with van der Waals surface area (Å²) >= 11 is 0. The number of benzene rings is 1. The maximum atomic E-state index is 12.7. The second-order valence-electron chi connectivity index (χ2n) is 6.54. The second kappa shape index (κ2) is 8.39. The summed E-state index contributed by atoms with van der Waals surface area (Å²) in [5.41, 5.74) is 0. The van der Waals surface area contributed by atoms with Crippen molar-refractivity contribution in [3.8, 4) is 0 Å². The van der Waals surface area contributed by atoms with Crippen LogP contribution in [0.3, 0.4) is 0 Å². The monoisotopic (exact) mass is 395 g/mol. The normalized spacial score (nSPS) is 15.4. The van der Waals surface area contributed by atoms with Crippen LogP contribution in [0.4, 0.5) is 5.82 Å². The van der Waals surface area contributed by atoms with Crippen LogP contribution in [0.1, 0.15) is 16.3 Å². The molecule has 1 aliphatic rings. The molecule has 0 aliphatic carbocycles. The molecule has 144 valence electrons. The second-order valence-corrected chi connectivity index (χ2v) is 7.99. The van der Waals surface area contributed by atoms with E-state index in [4.69, 9.17) is 4.42 Å². The molecule has 1 saturated heterocycles. The highest BCUT2D eigenvalue weighted by Gasteiger charge is 2.25. The molecule has 0 radical (unpaired) electrons. The van der Waals surface area contributed by atoms with Crippen molar-refractivity contribution >= 4 is 22.5 Å². The molecule has 2 aromatic heterocycles. The Morgan fingerprint density at radius 2 is 1.71 bits per heavy atom. The third-order valence-electron chi connectivity index (χ3n) is 4.69. The minimum absolute atomic E-state index is 0.127. The fourth-order valence-electron chi connectivity index (χ4n) is 3.19. The van der Waals surface area contributed by atoms with E-state index in [2.05, 4.69) is 9.88 Å². The molecular formula is C21H21N3O3S. The average Bonchev–Trinajstić information content (AvgIpc) is 3.23. The lowest BCUT2D eigenvalue weighted by Gasteiger charge is -2.34. The number of furan rings is 1. The molecule has 0 unspecified atom stereocenters. The number of carbonyl (C=O) groups is 1. The van der Waals surface area contributed by atoms with Gasteiger partial charge in [0.25, 0.3) is 5.91 Å². The predicted molar refractivity (Wildman–Crippen MR) is 108 cm³/mol. The van der Waals surface area contributed by atoms with Gasteiger partial charge in [-0.2, -0.15) is 0 Å². The number of pyridine rings is 1. The summed E-state index contributed by atoms with van der Waals surface area (Å²) in [5.74, 6) is 1.91. The van der Waals surface area contributed by atoms with Crippen LogP contribution >= 0.6 is 0 Å². The van der Waals surface area contributed by atoms with E-state index in [1.165, 1.54) is 0 Å². The van der Waals surface area contributed by atoms with E-state index in [9.17, 15) is 9.00 Å². The number of piperazine rings is 1. The Balaban J connectivity index is 1.35. The molecule has 4 rings (SSSR count). The summed E-state index contributed by atoms with van der Waals surface area (Å²) in [5, 5.41) is 0. The smallest absolute Gasteiger partial charge is 0.289 e. The summed E-state index contributed by atoms with van der Waals surface area (Å²) in [6.45, 7) is 2.69. The van der Waals surface area contributed by atoms with Crippen LogP contribution in [-0.4, -0.2) is 46.2 Å². The number of nitrogens with zero attached hydrogens (tertiary/aromatic N) is 3. The Morgan fingerprint density at radius 3 is 2.43 bits per heavy atom. The fourth-order valence-corrected chi connectivity index (χ4v) is 4.23. The summed E-state index contributed by atoms with van der Waals surface area (Å²) in [6.07, 6.45) is 1.77. The zero-order chi connectivity index (χ0) is 19.3. The Hall–Kier alpha value is -2.93. The maximum Gasteiger partial charge on any atom is 0.289 e. The van der Waals surface area contributed by atoms with Gasteiger partial charge in [-0.15, -0.1) is 0 Å². The van der Waals surface area contributed by atoms with Crippen molar-refractivity contribution in [3.63, 3.8) is 0 Å². The van der Waals surface area contributed by atoms with Crippen LogP contribution in [0.15, 0.2) is 76.2 Å². The van der Waals surface area contributed by atoms with E-state index in [-0.39, 0.29) is 11.7 Å². The Bertz CT molecular complexity index is 951. The van der Waals surface area contributed by atoms with Gasteiger partial charge in [0.1, 0.15) is 11.6 Å². The van der Waals surface area contributed by atoms with Gasteiger partial charge in [0.2, 0.25) is 0 Å². The van der Waals surface area contributed by atoms with Crippen molar-refractivity contribution in [2.45, 2.75) is 10.6 Å². The molecule has 7 heteroatoms. The lowest BCUT2D eigenvalue weighted by molar-refractivity contribution is 0.0713. The van der Waals surface area contributed by atoms with Crippen LogP contribution in [-0.2, 0) is 16.6 Å². The third-order valence-corrected chi connectivity index (χ3v) is 6.04. The van der Waals surface area contributed by atoms with E-state index < -0.39 is 10.8 Å². The van der Waals surface area contributed by atoms with Gasteiger partial charge in [-0.25, -0.2) is 4.98 Å². The van der Waals surface area contributed by atoms with Crippen molar-refractivity contribution in [1.82, 2.24) is 9.88 Å². The first-order valence-corrected chi connectivity index (χ1v) is 10.5. The van der Waals surface area contributed by atoms with Gasteiger partial charge in [0.15, 0.2) is 5.76 Å². The average molecular weight is 395 g/mol. The molecule has 1 fully saturated rings. The Morgan fingerprint density at radius 1 is 0.964 bits per heavy atom. The van der Waals surface area contributed by atoms with E-state index in [1.54, 1.807) is 23.2 Å². The van der Waals surface area contributed by atoms with Crippen LogP contribution in [0.25, 0.3) is 0 Å². The molecule has 6 nitrogen and oxygen atoms in total. The molecule has 1 atom stereocenters. The van der Waals surface area contributed by atoms with E-state index in [1.807, 2.05) is 48.5 Å². The first kappa shape index (κ1) is 18.4. The fraction of sp³-hybridized carbons (Fsp3) is 0.238. The van der Waals surface area contributed by atoms with Crippen LogP contribution in [0.5, 0.6) is 0 Å². The van der Waals surface area contributed by atoms with Crippen molar-refractivity contribution in [3.05, 3.63) is 78.4 Å². The van der Waals surface area contributed by atoms with Crippen LogP contribution in [0.2, 0.25) is 0 Å². The lowest BCUT2D eigenvalue weighted by atomic mass is 10.2. The molecule has 1 aromatic carbocycles. The highest BCUT2D eigenvalue weighted by Crippen LogP contribution is 2.18. The number of aromatic nitrogens is 1. The van der Waals surface area contributed by atoms with Gasteiger partial charge in [-0.1, -0.05) is 24.3 Å². The minimum Gasteiger partial charge on any atom is -0.455 e. The van der Waals surface area contributed by atoms with Crippen LogP contribution < -0.4 is 4.90 Å². The molecular weight excluding hydrogens is 374 g/mol. The first-order valence-electron chi connectivity index (χ1n) is 9.18. The predicted octanol–water partition coefficient (Wildman–Crippen LogP) is 2.94. The quantitative estimate of drug-likeness (QED) is 0.665. The van der Waals surface area contributed by atoms with E-state index >= 15 is 0 Å². The van der Waals surface area contributed by atoms with Crippen molar-refractivity contribution in [2.24, 2.45) is 0 Å². The number of hydrogen-bond acceptors (Lipinski definition) is 5. The number of amides is 1.